The lowest BCUT2D eigenvalue weighted by Crippen LogP contribution is -2.03. The zero-order chi connectivity index (χ0) is 13.0. The van der Waals surface area contributed by atoms with Crippen molar-refractivity contribution in [1.29, 1.82) is 0 Å². The molecule has 0 radical (unpaired) electrons. The van der Waals surface area contributed by atoms with Crippen LogP contribution in [0.3, 0.4) is 0 Å². The van der Waals surface area contributed by atoms with Gasteiger partial charge in [-0.3, -0.25) is 0 Å². The van der Waals surface area contributed by atoms with E-state index in [9.17, 15) is 4.79 Å². The first-order valence-corrected chi connectivity index (χ1v) is 6.61. The number of benzene rings is 1. The number of halogens is 1. The van der Waals surface area contributed by atoms with Crippen LogP contribution in [-0.4, -0.2) is 13.4 Å². The molecule has 0 aromatic heterocycles. The summed E-state index contributed by atoms with van der Waals surface area (Å²) in [6, 6.07) is 2.11. The summed E-state index contributed by atoms with van der Waals surface area (Å²) in [6.45, 7) is 6.34. The number of hydrogen-bond donors (Lipinski definition) is 0. The first kappa shape index (κ1) is 14.2. The van der Waals surface area contributed by atoms with E-state index in [-0.39, 0.29) is 0 Å². The van der Waals surface area contributed by atoms with Crippen LogP contribution in [0.15, 0.2) is 10.5 Å². The third kappa shape index (κ3) is 3.09. The van der Waals surface area contributed by atoms with Crippen molar-refractivity contribution in [2.24, 2.45) is 0 Å². The molecule has 0 aliphatic rings. The van der Waals surface area contributed by atoms with E-state index < -0.39 is 0 Å². The maximum atomic E-state index is 10.5. The van der Waals surface area contributed by atoms with Crippen LogP contribution < -0.4 is 4.74 Å². The van der Waals surface area contributed by atoms with Crippen LogP contribution >= 0.6 is 15.9 Å². The number of rotatable bonds is 5. The van der Waals surface area contributed by atoms with Gasteiger partial charge in [0.2, 0.25) is 0 Å². The first-order chi connectivity index (χ1) is 8.02. The van der Waals surface area contributed by atoms with E-state index in [1.165, 1.54) is 5.56 Å². The summed E-state index contributed by atoms with van der Waals surface area (Å²) in [5.41, 5.74) is 3.48. The topological polar surface area (TPSA) is 26.3 Å². The molecule has 1 rings (SSSR count). The van der Waals surface area contributed by atoms with Gasteiger partial charge in [-0.25, -0.2) is 0 Å². The number of ether oxygens (including phenoxy) is 1. The average molecular weight is 299 g/mol. The predicted molar refractivity (Wildman–Crippen MR) is 73.9 cm³/mol. The van der Waals surface area contributed by atoms with Crippen molar-refractivity contribution in [1.82, 2.24) is 0 Å². The van der Waals surface area contributed by atoms with Crippen molar-refractivity contribution in [3.05, 3.63) is 27.2 Å². The van der Waals surface area contributed by atoms with Crippen molar-refractivity contribution in [3.63, 3.8) is 0 Å². The monoisotopic (exact) mass is 298 g/mol. The molecule has 17 heavy (non-hydrogen) atoms. The molecular formula is C14H19BrO2. The van der Waals surface area contributed by atoms with E-state index in [0.717, 1.165) is 34.1 Å². The Hall–Kier alpha value is -0.830. The largest absolute Gasteiger partial charge is 0.496 e. The van der Waals surface area contributed by atoms with Gasteiger partial charge >= 0.3 is 0 Å². The normalized spacial score (nSPS) is 10.7. The van der Waals surface area contributed by atoms with E-state index in [1.54, 1.807) is 7.11 Å². The van der Waals surface area contributed by atoms with Crippen LogP contribution in [0.1, 0.15) is 42.9 Å². The Morgan fingerprint density at radius 3 is 2.59 bits per heavy atom. The molecule has 0 N–H and O–H groups in total. The zero-order valence-corrected chi connectivity index (χ0v) is 12.4. The van der Waals surface area contributed by atoms with Gasteiger partial charge in [-0.05, 0) is 42.0 Å². The van der Waals surface area contributed by atoms with Crippen LogP contribution in [-0.2, 0) is 11.2 Å². The predicted octanol–water partition coefficient (Wildman–Crippen LogP) is 4.02. The smallest absolute Gasteiger partial charge is 0.125 e. The van der Waals surface area contributed by atoms with Crippen molar-refractivity contribution < 1.29 is 9.53 Å². The van der Waals surface area contributed by atoms with Crippen LogP contribution in [0.5, 0.6) is 5.75 Å². The number of hydrogen-bond acceptors (Lipinski definition) is 2. The quantitative estimate of drug-likeness (QED) is 0.768. The lowest BCUT2D eigenvalue weighted by atomic mass is 9.94. The second-order valence-corrected chi connectivity index (χ2v) is 5.30. The van der Waals surface area contributed by atoms with Crippen molar-refractivity contribution >= 4 is 22.2 Å². The van der Waals surface area contributed by atoms with Gasteiger partial charge < -0.3 is 9.53 Å². The van der Waals surface area contributed by atoms with Gasteiger partial charge in [0.1, 0.15) is 12.0 Å². The molecule has 94 valence electrons. The highest BCUT2D eigenvalue weighted by atomic mass is 79.9. The number of methoxy groups -OCH3 is 1. The fourth-order valence-corrected chi connectivity index (χ4v) is 2.46. The number of carbonyl (C=O) groups is 1. The fraction of sp³-hybridized carbons (Fsp3) is 0.500. The van der Waals surface area contributed by atoms with Crippen molar-refractivity contribution in [3.8, 4) is 5.75 Å². The number of carbonyl (C=O) groups excluding carboxylic acids is 1. The molecule has 0 heterocycles. The highest BCUT2D eigenvalue weighted by Gasteiger charge is 2.16. The zero-order valence-electron chi connectivity index (χ0n) is 10.8. The van der Waals surface area contributed by atoms with Crippen LogP contribution in [0.25, 0.3) is 0 Å². The fourth-order valence-electron chi connectivity index (χ4n) is 1.97. The molecule has 0 saturated heterocycles. The Labute approximate surface area is 111 Å². The van der Waals surface area contributed by atoms with Gasteiger partial charge in [0.25, 0.3) is 0 Å². The molecule has 0 unspecified atom stereocenters. The van der Waals surface area contributed by atoms with E-state index in [4.69, 9.17) is 4.74 Å². The summed E-state index contributed by atoms with van der Waals surface area (Å²) in [5.74, 6) is 1.33. The van der Waals surface area contributed by atoms with Gasteiger partial charge in [0.05, 0.1) is 7.11 Å². The van der Waals surface area contributed by atoms with Gasteiger partial charge in [0.15, 0.2) is 0 Å². The third-order valence-corrected chi connectivity index (χ3v) is 3.79. The first-order valence-electron chi connectivity index (χ1n) is 5.82. The standard InChI is InChI=1S/C14H19BrO2/c1-9(2)12-8-13(15)10(3)11(6-5-7-16)14(12)17-4/h7-9H,5-6H2,1-4H3. The van der Waals surface area contributed by atoms with Crippen LogP contribution in [0.2, 0.25) is 0 Å². The molecule has 0 aliphatic carbocycles. The Morgan fingerprint density at radius 2 is 2.12 bits per heavy atom. The summed E-state index contributed by atoms with van der Waals surface area (Å²) in [7, 11) is 1.69. The van der Waals surface area contributed by atoms with Crippen molar-refractivity contribution in [2.45, 2.75) is 39.5 Å². The Morgan fingerprint density at radius 1 is 1.47 bits per heavy atom. The molecule has 0 atom stereocenters. The Bertz CT molecular complexity index is 411. The van der Waals surface area contributed by atoms with Gasteiger partial charge in [-0.15, -0.1) is 0 Å². The second kappa shape index (κ2) is 6.20. The van der Waals surface area contributed by atoms with E-state index in [2.05, 4.69) is 42.8 Å². The summed E-state index contributed by atoms with van der Waals surface area (Å²) >= 11 is 3.58. The van der Waals surface area contributed by atoms with Gasteiger partial charge in [-0.2, -0.15) is 0 Å². The number of aldehydes is 1. The Kier molecular flexibility index (Phi) is 5.19. The van der Waals surface area contributed by atoms with Gasteiger partial charge in [-0.1, -0.05) is 29.8 Å². The molecule has 0 aliphatic heterocycles. The molecule has 1 aromatic rings. The van der Waals surface area contributed by atoms with E-state index in [0.29, 0.717) is 12.3 Å². The Balaban J connectivity index is 3.36. The van der Waals surface area contributed by atoms with E-state index >= 15 is 0 Å². The van der Waals surface area contributed by atoms with E-state index in [1.807, 2.05) is 0 Å². The molecule has 3 heteroatoms. The molecule has 0 fully saturated rings. The molecule has 1 aromatic carbocycles. The highest BCUT2D eigenvalue weighted by Crippen LogP contribution is 2.37. The second-order valence-electron chi connectivity index (χ2n) is 4.44. The molecular weight excluding hydrogens is 280 g/mol. The molecule has 0 saturated carbocycles. The minimum absolute atomic E-state index is 0.400. The van der Waals surface area contributed by atoms with Crippen molar-refractivity contribution in [2.75, 3.05) is 7.11 Å². The molecule has 2 nitrogen and oxygen atoms in total. The minimum atomic E-state index is 0.400. The summed E-state index contributed by atoms with van der Waals surface area (Å²) in [6.07, 6.45) is 2.22. The summed E-state index contributed by atoms with van der Waals surface area (Å²) < 4.78 is 6.62. The molecule has 0 bridgehead atoms. The molecule has 0 amide bonds. The maximum absolute atomic E-state index is 10.5. The van der Waals surface area contributed by atoms with Gasteiger partial charge in [0, 0.05) is 10.9 Å². The maximum Gasteiger partial charge on any atom is 0.125 e. The average Bonchev–Trinajstić information content (AvgIpc) is 2.30. The van der Waals surface area contributed by atoms with Crippen LogP contribution in [0, 0.1) is 6.92 Å². The minimum Gasteiger partial charge on any atom is -0.496 e. The SMILES string of the molecule is COc1c(C(C)C)cc(Br)c(C)c1CCC=O. The summed E-state index contributed by atoms with van der Waals surface area (Å²) in [4.78, 5) is 10.5. The third-order valence-electron chi connectivity index (χ3n) is 2.97. The lowest BCUT2D eigenvalue weighted by molar-refractivity contribution is -0.107. The molecule has 0 spiro atoms. The summed E-state index contributed by atoms with van der Waals surface area (Å²) in [5, 5.41) is 0. The lowest BCUT2D eigenvalue weighted by Gasteiger charge is -2.19. The highest BCUT2D eigenvalue weighted by molar-refractivity contribution is 9.10. The van der Waals surface area contributed by atoms with Crippen LogP contribution in [0.4, 0.5) is 0 Å².